The van der Waals surface area contributed by atoms with E-state index in [9.17, 15) is 9.59 Å². The zero-order valence-electron chi connectivity index (χ0n) is 16.8. The maximum absolute atomic E-state index is 12.8. The highest BCUT2D eigenvalue weighted by atomic mass is 35.5. The molecule has 0 bridgehead atoms. The summed E-state index contributed by atoms with van der Waals surface area (Å²) < 4.78 is 10.9. The summed E-state index contributed by atoms with van der Waals surface area (Å²) in [5.74, 6) is 0.294. The van der Waals surface area contributed by atoms with Crippen molar-refractivity contribution in [1.82, 2.24) is 10.2 Å². The summed E-state index contributed by atoms with van der Waals surface area (Å²) in [4.78, 5) is 26.5. The Morgan fingerprint density at radius 2 is 2.14 bits per heavy atom. The average molecular weight is 414 g/mol. The average Bonchev–Trinajstić information content (AvgIpc) is 3.17. The van der Waals surface area contributed by atoms with Crippen molar-refractivity contribution in [2.24, 2.45) is 11.7 Å². The number of methoxy groups -OCH3 is 1. The number of ether oxygens (including phenoxy) is 2. The first-order valence-corrected chi connectivity index (χ1v) is 9.46. The standard InChI is InChI=1S/C20H31N3O4.ClH/c1-14(2)19(21)20(25)22-11-18(24)23(13-17-8-5-9-27-17)12-15-6-4-7-16(10-15)26-3;/h4,6-7,10,14,17,19H,5,8-9,11-13,21H2,1-3H3,(H,22,25);1H/t17?,19-;/m0./s1. The van der Waals surface area contributed by atoms with E-state index in [1.54, 1.807) is 12.0 Å². The second kappa shape index (κ2) is 11.9. The normalized spacial score (nSPS) is 17.0. The molecule has 7 nitrogen and oxygen atoms in total. The summed E-state index contributed by atoms with van der Waals surface area (Å²) in [6.07, 6.45) is 1.98. The van der Waals surface area contributed by atoms with Gasteiger partial charge < -0.3 is 25.4 Å². The van der Waals surface area contributed by atoms with Crippen LogP contribution in [0.2, 0.25) is 0 Å². The molecule has 158 valence electrons. The van der Waals surface area contributed by atoms with Gasteiger partial charge in [0.25, 0.3) is 0 Å². The van der Waals surface area contributed by atoms with E-state index in [1.165, 1.54) is 0 Å². The van der Waals surface area contributed by atoms with Crippen LogP contribution in [0.1, 0.15) is 32.3 Å². The molecule has 0 aliphatic carbocycles. The predicted octanol–water partition coefficient (Wildman–Crippen LogP) is 1.72. The van der Waals surface area contributed by atoms with Crippen molar-refractivity contribution in [3.05, 3.63) is 29.8 Å². The van der Waals surface area contributed by atoms with Crippen molar-refractivity contribution >= 4 is 24.2 Å². The molecular formula is C20H32ClN3O4. The largest absolute Gasteiger partial charge is 0.497 e. The van der Waals surface area contributed by atoms with Crippen LogP contribution in [0.4, 0.5) is 0 Å². The lowest BCUT2D eigenvalue weighted by atomic mass is 10.1. The fourth-order valence-corrected chi connectivity index (χ4v) is 2.98. The van der Waals surface area contributed by atoms with Crippen molar-refractivity contribution in [1.29, 1.82) is 0 Å². The number of amides is 2. The minimum Gasteiger partial charge on any atom is -0.497 e. The van der Waals surface area contributed by atoms with Crippen molar-refractivity contribution in [2.45, 2.75) is 45.4 Å². The maximum Gasteiger partial charge on any atom is 0.242 e. The first-order chi connectivity index (χ1) is 12.9. The number of hydrogen-bond donors (Lipinski definition) is 2. The van der Waals surface area contributed by atoms with E-state index < -0.39 is 6.04 Å². The number of nitrogens with two attached hydrogens (primary N) is 1. The number of carbonyl (C=O) groups excluding carboxylic acids is 2. The van der Waals surface area contributed by atoms with E-state index in [1.807, 2.05) is 38.1 Å². The van der Waals surface area contributed by atoms with Crippen molar-refractivity contribution in [3.8, 4) is 5.75 Å². The lowest BCUT2D eigenvalue weighted by Gasteiger charge is -2.26. The third-order valence-corrected chi connectivity index (χ3v) is 4.74. The Hall–Kier alpha value is -1.83. The SMILES string of the molecule is COc1cccc(CN(CC2CCCO2)C(=O)CNC(=O)[C@@H](N)C(C)C)c1.Cl. The van der Waals surface area contributed by atoms with Crippen LogP contribution >= 0.6 is 12.4 Å². The Labute approximate surface area is 173 Å². The van der Waals surface area contributed by atoms with Crippen LogP contribution in [-0.4, -0.2) is 55.7 Å². The molecule has 1 unspecified atom stereocenters. The molecule has 1 aliphatic heterocycles. The van der Waals surface area contributed by atoms with E-state index in [2.05, 4.69) is 5.32 Å². The highest BCUT2D eigenvalue weighted by Gasteiger charge is 2.24. The van der Waals surface area contributed by atoms with E-state index in [4.69, 9.17) is 15.2 Å². The van der Waals surface area contributed by atoms with Gasteiger partial charge in [0.15, 0.2) is 0 Å². The second-order valence-electron chi connectivity index (χ2n) is 7.25. The summed E-state index contributed by atoms with van der Waals surface area (Å²) in [5.41, 5.74) is 6.80. The van der Waals surface area contributed by atoms with Crippen LogP contribution in [0.25, 0.3) is 0 Å². The third-order valence-electron chi connectivity index (χ3n) is 4.74. The van der Waals surface area contributed by atoms with Gasteiger partial charge in [0, 0.05) is 19.7 Å². The van der Waals surface area contributed by atoms with Gasteiger partial charge in [0.05, 0.1) is 25.8 Å². The molecule has 0 spiro atoms. The quantitative estimate of drug-likeness (QED) is 0.643. The van der Waals surface area contributed by atoms with Gasteiger partial charge in [0.2, 0.25) is 11.8 Å². The summed E-state index contributed by atoms with van der Waals surface area (Å²) in [7, 11) is 1.61. The molecule has 1 aromatic rings. The molecule has 1 aliphatic rings. The topological polar surface area (TPSA) is 93.9 Å². The molecule has 0 saturated carbocycles. The fraction of sp³-hybridized carbons (Fsp3) is 0.600. The van der Waals surface area contributed by atoms with Gasteiger partial charge in [-0.05, 0) is 36.5 Å². The molecule has 1 aromatic carbocycles. The highest BCUT2D eigenvalue weighted by Crippen LogP contribution is 2.18. The second-order valence-corrected chi connectivity index (χ2v) is 7.25. The molecule has 1 saturated heterocycles. The highest BCUT2D eigenvalue weighted by molar-refractivity contribution is 5.87. The summed E-state index contributed by atoms with van der Waals surface area (Å²) in [6.45, 7) is 5.34. The number of nitrogens with zero attached hydrogens (tertiary/aromatic N) is 1. The van der Waals surface area contributed by atoms with E-state index in [-0.39, 0.29) is 42.8 Å². The van der Waals surface area contributed by atoms with E-state index >= 15 is 0 Å². The monoisotopic (exact) mass is 413 g/mol. The van der Waals surface area contributed by atoms with Crippen LogP contribution in [0, 0.1) is 5.92 Å². The molecule has 8 heteroatoms. The predicted molar refractivity (Wildman–Crippen MR) is 110 cm³/mol. The summed E-state index contributed by atoms with van der Waals surface area (Å²) >= 11 is 0. The fourth-order valence-electron chi connectivity index (χ4n) is 2.98. The molecular weight excluding hydrogens is 382 g/mol. The molecule has 2 rings (SSSR count). The Morgan fingerprint density at radius 3 is 2.75 bits per heavy atom. The van der Waals surface area contributed by atoms with Crippen LogP contribution in [0.3, 0.4) is 0 Å². The smallest absolute Gasteiger partial charge is 0.242 e. The number of nitrogens with one attached hydrogen (secondary N) is 1. The Morgan fingerprint density at radius 1 is 1.39 bits per heavy atom. The van der Waals surface area contributed by atoms with Gasteiger partial charge in [0.1, 0.15) is 5.75 Å². The van der Waals surface area contributed by atoms with Gasteiger partial charge in [-0.25, -0.2) is 0 Å². The summed E-state index contributed by atoms with van der Waals surface area (Å²) in [5, 5.41) is 2.66. The van der Waals surface area contributed by atoms with Crippen LogP contribution in [-0.2, 0) is 20.9 Å². The Balaban J connectivity index is 0.00000392. The molecule has 2 atom stereocenters. The molecule has 2 amide bonds. The van der Waals surface area contributed by atoms with Gasteiger partial charge in [-0.2, -0.15) is 0 Å². The third kappa shape index (κ3) is 7.30. The van der Waals surface area contributed by atoms with E-state index in [0.29, 0.717) is 13.1 Å². The van der Waals surface area contributed by atoms with Crippen LogP contribution in [0.15, 0.2) is 24.3 Å². The van der Waals surface area contributed by atoms with Crippen molar-refractivity contribution < 1.29 is 19.1 Å². The zero-order valence-corrected chi connectivity index (χ0v) is 17.7. The van der Waals surface area contributed by atoms with Gasteiger partial charge >= 0.3 is 0 Å². The Kier molecular flexibility index (Phi) is 10.3. The first kappa shape index (κ1) is 24.2. The molecule has 3 N–H and O–H groups in total. The lowest BCUT2D eigenvalue weighted by Crippen LogP contribution is -2.48. The maximum atomic E-state index is 12.8. The van der Waals surface area contributed by atoms with Gasteiger partial charge in [-0.1, -0.05) is 26.0 Å². The van der Waals surface area contributed by atoms with Gasteiger partial charge in [-0.3, -0.25) is 9.59 Å². The Bertz CT molecular complexity index is 636. The molecule has 1 heterocycles. The molecule has 1 fully saturated rings. The summed E-state index contributed by atoms with van der Waals surface area (Å²) in [6, 6.07) is 6.99. The number of benzene rings is 1. The zero-order chi connectivity index (χ0) is 19.8. The van der Waals surface area contributed by atoms with Crippen LogP contribution in [0.5, 0.6) is 5.75 Å². The minimum absolute atomic E-state index is 0. The van der Waals surface area contributed by atoms with Crippen molar-refractivity contribution in [2.75, 3.05) is 26.8 Å². The molecule has 0 radical (unpaired) electrons. The molecule has 0 aromatic heterocycles. The van der Waals surface area contributed by atoms with E-state index in [0.717, 1.165) is 30.8 Å². The van der Waals surface area contributed by atoms with Gasteiger partial charge in [-0.15, -0.1) is 12.4 Å². The number of rotatable bonds is 9. The first-order valence-electron chi connectivity index (χ1n) is 9.46. The number of hydrogen-bond acceptors (Lipinski definition) is 5. The minimum atomic E-state index is -0.622. The lowest BCUT2D eigenvalue weighted by molar-refractivity contribution is -0.135. The number of halogens is 1. The van der Waals surface area contributed by atoms with Crippen LogP contribution < -0.4 is 15.8 Å². The molecule has 28 heavy (non-hydrogen) atoms. The van der Waals surface area contributed by atoms with Crippen molar-refractivity contribution in [3.63, 3.8) is 0 Å². The number of carbonyl (C=O) groups is 2.